The molecule has 20 heavy (non-hydrogen) atoms. The van der Waals surface area contributed by atoms with Crippen molar-refractivity contribution in [2.75, 3.05) is 26.0 Å². The van der Waals surface area contributed by atoms with Crippen LogP contribution in [0, 0.1) is 6.92 Å². The third-order valence-corrected chi connectivity index (χ3v) is 4.64. The Morgan fingerprint density at radius 2 is 2.15 bits per heavy atom. The summed E-state index contributed by atoms with van der Waals surface area (Å²) in [6.07, 6.45) is -0.450. The van der Waals surface area contributed by atoms with E-state index in [0.717, 1.165) is 0 Å². The van der Waals surface area contributed by atoms with Gasteiger partial charge in [0.15, 0.2) is 0 Å². The SMILES string of the molecule is COCC(O)CCNS(=O)(=O)c1cc(N)c(Cl)cc1C. The first-order valence-electron chi connectivity index (χ1n) is 6.00. The highest BCUT2D eigenvalue weighted by Gasteiger charge is 2.18. The topological polar surface area (TPSA) is 102 Å². The lowest BCUT2D eigenvalue weighted by Gasteiger charge is -2.13. The molecule has 0 amide bonds. The van der Waals surface area contributed by atoms with Crippen LogP contribution in [0.4, 0.5) is 5.69 Å². The maximum atomic E-state index is 12.1. The Hall–Kier alpha value is -0.860. The fourth-order valence-electron chi connectivity index (χ4n) is 1.67. The van der Waals surface area contributed by atoms with Crippen LogP contribution in [0.25, 0.3) is 0 Å². The maximum Gasteiger partial charge on any atom is 0.240 e. The first kappa shape index (κ1) is 17.2. The average Bonchev–Trinajstić information content (AvgIpc) is 2.33. The van der Waals surface area contributed by atoms with Crippen molar-refractivity contribution >= 4 is 27.3 Å². The molecule has 0 aliphatic rings. The van der Waals surface area contributed by atoms with Crippen molar-refractivity contribution in [1.29, 1.82) is 0 Å². The van der Waals surface area contributed by atoms with Gasteiger partial charge in [-0.2, -0.15) is 0 Å². The van der Waals surface area contributed by atoms with Gasteiger partial charge in [-0.15, -0.1) is 0 Å². The van der Waals surface area contributed by atoms with E-state index in [1.54, 1.807) is 6.92 Å². The zero-order valence-corrected chi connectivity index (χ0v) is 13.0. The lowest BCUT2D eigenvalue weighted by Crippen LogP contribution is -2.29. The summed E-state index contributed by atoms with van der Waals surface area (Å²) in [6, 6.07) is 2.83. The number of aryl methyl sites for hydroxylation is 1. The number of ether oxygens (including phenoxy) is 1. The standard InChI is InChI=1S/C12H19ClN2O4S/c1-8-5-10(13)11(14)6-12(8)20(17,18)15-4-3-9(16)7-19-2/h5-6,9,15-16H,3-4,7,14H2,1-2H3. The second-order valence-corrected chi connectivity index (χ2v) is 6.58. The number of halogens is 1. The summed E-state index contributed by atoms with van der Waals surface area (Å²) in [5.41, 5.74) is 6.34. The van der Waals surface area contributed by atoms with Gasteiger partial charge in [0.2, 0.25) is 10.0 Å². The second-order valence-electron chi connectivity index (χ2n) is 4.43. The van der Waals surface area contributed by atoms with Gasteiger partial charge in [-0.1, -0.05) is 11.6 Å². The van der Waals surface area contributed by atoms with Gasteiger partial charge in [-0.25, -0.2) is 13.1 Å². The number of rotatable bonds is 7. The predicted molar refractivity (Wildman–Crippen MR) is 78.3 cm³/mol. The molecule has 114 valence electrons. The Bertz CT molecular complexity index is 563. The Balaban J connectivity index is 2.77. The molecule has 4 N–H and O–H groups in total. The third kappa shape index (κ3) is 4.60. The summed E-state index contributed by atoms with van der Waals surface area (Å²) >= 11 is 5.83. The largest absolute Gasteiger partial charge is 0.397 e. The second kappa shape index (κ2) is 7.24. The maximum absolute atomic E-state index is 12.1. The molecule has 0 aromatic heterocycles. The Kier molecular flexibility index (Phi) is 6.22. The van der Waals surface area contributed by atoms with E-state index in [1.807, 2.05) is 0 Å². The van der Waals surface area contributed by atoms with Gasteiger partial charge in [-0.3, -0.25) is 0 Å². The first-order chi connectivity index (χ1) is 9.27. The number of hydrogen-bond acceptors (Lipinski definition) is 5. The number of nitrogen functional groups attached to an aromatic ring is 1. The lowest BCUT2D eigenvalue weighted by molar-refractivity contribution is 0.0603. The Morgan fingerprint density at radius 1 is 1.50 bits per heavy atom. The van der Waals surface area contributed by atoms with Crippen LogP contribution in [0.5, 0.6) is 0 Å². The molecule has 0 aliphatic heterocycles. The third-order valence-electron chi connectivity index (χ3n) is 2.71. The molecule has 0 heterocycles. The number of benzene rings is 1. The summed E-state index contributed by atoms with van der Waals surface area (Å²) in [5, 5.41) is 9.77. The minimum absolute atomic E-state index is 0.0839. The number of hydrogen-bond donors (Lipinski definition) is 3. The van der Waals surface area contributed by atoms with E-state index in [4.69, 9.17) is 22.1 Å². The number of anilines is 1. The quantitative estimate of drug-likeness (QED) is 0.648. The van der Waals surface area contributed by atoms with E-state index >= 15 is 0 Å². The molecule has 0 radical (unpaired) electrons. The van der Waals surface area contributed by atoms with Crippen LogP contribution in [0.1, 0.15) is 12.0 Å². The van der Waals surface area contributed by atoms with Gasteiger partial charge in [0, 0.05) is 13.7 Å². The molecular weight excluding hydrogens is 304 g/mol. The molecular formula is C12H19ClN2O4S. The van der Waals surface area contributed by atoms with E-state index in [2.05, 4.69) is 4.72 Å². The van der Waals surface area contributed by atoms with Crippen LogP contribution >= 0.6 is 11.6 Å². The number of aliphatic hydroxyl groups excluding tert-OH is 1. The number of methoxy groups -OCH3 is 1. The molecule has 8 heteroatoms. The van der Waals surface area contributed by atoms with Crippen molar-refractivity contribution in [2.45, 2.75) is 24.3 Å². The number of nitrogens with two attached hydrogens (primary N) is 1. The monoisotopic (exact) mass is 322 g/mol. The van der Waals surface area contributed by atoms with Gasteiger partial charge in [0.1, 0.15) is 0 Å². The molecule has 0 saturated heterocycles. The van der Waals surface area contributed by atoms with E-state index in [-0.39, 0.29) is 30.2 Å². The van der Waals surface area contributed by atoms with E-state index < -0.39 is 16.1 Å². The molecule has 0 fully saturated rings. The minimum Gasteiger partial charge on any atom is -0.397 e. The smallest absolute Gasteiger partial charge is 0.240 e. The lowest BCUT2D eigenvalue weighted by atomic mass is 10.2. The van der Waals surface area contributed by atoms with E-state index in [0.29, 0.717) is 10.6 Å². The van der Waals surface area contributed by atoms with Crippen LogP contribution in [-0.4, -0.2) is 39.9 Å². The summed E-state index contributed by atoms with van der Waals surface area (Å²) in [5.74, 6) is 0. The number of aliphatic hydroxyl groups is 1. The number of nitrogens with one attached hydrogen (secondary N) is 1. The first-order valence-corrected chi connectivity index (χ1v) is 7.86. The summed E-state index contributed by atoms with van der Waals surface area (Å²) in [6.45, 7) is 1.91. The molecule has 1 unspecified atom stereocenters. The average molecular weight is 323 g/mol. The van der Waals surface area contributed by atoms with Crippen molar-refractivity contribution in [3.63, 3.8) is 0 Å². The molecule has 1 rings (SSSR count). The Labute approximate surface area is 123 Å². The van der Waals surface area contributed by atoms with Crippen LogP contribution in [-0.2, 0) is 14.8 Å². The Morgan fingerprint density at radius 3 is 2.75 bits per heavy atom. The molecule has 0 saturated carbocycles. The molecule has 1 aromatic carbocycles. The van der Waals surface area contributed by atoms with Crippen molar-refractivity contribution in [1.82, 2.24) is 4.72 Å². The van der Waals surface area contributed by atoms with Gasteiger partial charge in [-0.05, 0) is 31.0 Å². The fourth-order valence-corrected chi connectivity index (χ4v) is 3.20. The van der Waals surface area contributed by atoms with Crippen LogP contribution in [0.3, 0.4) is 0 Å². The highest BCUT2D eigenvalue weighted by molar-refractivity contribution is 7.89. The molecule has 0 spiro atoms. The minimum atomic E-state index is -3.68. The molecule has 0 bridgehead atoms. The molecule has 1 atom stereocenters. The van der Waals surface area contributed by atoms with Crippen LogP contribution in [0.15, 0.2) is 17.0 Å². The predicted octanol–water partition coefficient (Wildman–Crippen LogP) is 0.906. The highest BCUT2D eigenvalue weighted by atomic mass is 35.5. The van der Waals surface area contributed by atoms with E-state index in [9.17, 15) is 13.5 Å². The van der Waals surface area contributed by atoms with Gasteiger partial charge >= 0.3 is 0 Å². The van der Waals surface area contributed by atoms with Crippen LogP contribution in [0.2, 0.25) is 5.02 Å². The molecule has 0 aliphatic carbocycles. The highest BCUT2D eigenvalue weighted by Crippen LogP contribution is 2.26. The summed E-state index contributed by atoms with van der Waals surface area (Å²) < 4.78 is 31.4. The number of sulfonamides is 1. The van der Waals surface area contributed by atoms with Crippen molar-refractivity contribution in [2.24, 2.45) is 0 Å². The zero-order valence-electron chi connectivity index (χ0n) is 11.4. The van der Waals surface area contributed by atoms with Crippen LogP contribution < -0.4 is 10.5 Å². The molecule has 6 nitrogen and oxygen atoms in total. The summed E-state index contributed by atoms with van der Waals surface area (Å²) in [4.78, 5) is 0.0839. The van der Waals surface area contributed by atoms with Gasteiger partial charge < -0.3 is 15.6 Å². The van der Waals surface area contributed by atoms with Gasteiger partial charge in [0.05, 0.1) is 28.3 Å². The van der Waals surface area contributed by atoms with Gasteiger partial charge in [0.25, 0.3) is 0 Å². The van der Waals surface area contributed by atoms with Crippen molar-refractivity contribution in [3.05, 3.63) is 22.7 Å². The summed E-state index contributed by atoms with van der Waals surface area (Å²) in [7, 11) is -2.22. The zero-order chi connectivity index (χ0) is 15.3. The normalized spacial score (nSPS) is 13.4. The van der Waals surface area contributed by atoms with Crippen molar-refractivity contribution < 1.29 is 18.3 Å². The molecule has 1 aromatic rings. The van der Waals surface area contributed by atoms with E-state index in [1.165, 1.54) is 19.2 Å². The fraction of sp³-hybridized carbons (Fsp3) is 0.500. The van der Waals surface area contributed by atoms with Crippen molar-refractivity contribution in [3.8, 4) is 0 Å².